The number of aryl methyl sites for hydroxylation is 1. The van der Waals surface area contributed by atoms with Gasteiger partial charge in [0, 0.05) is 38.7 Å². The van der Waals surface area contributed by atoms with Crippen LogP contribution in [-0.4, -0.2) is 46.9 Å². The first kappa shape index (κ1) is 14.6. The molecule has 4 heterocycles. The van der Waals surface area contributed by atoms with Gasteiger partial charge in [-0.3, -0.25) is 18.8 Å². The fraction of sp³-hybridized carbons (Fsp3) is 0.429. The molecule has 1 unspecified atom stereocenters. The number of fused-ring (bicyclic) bond motifs is 1. The van der Waals surface area contributed by atoms with Gasteiger partial charge in [-0.25, -0.2) is 0 Å². The van der Waals surface area contributed by atoms with Crippen molar-refractivity contribution in [3.63, 3.8) is 0 Å². The van der Waals surface area contributed by atoms with Crippen molar-refractivity contribution in [2.75, 3.05) is 13.1 Å². The van der Waals surface area contributed by atoms with Crippen molar-refractivity contribution in [3.8, 4) is 0 Å². The van der Waals surface area contributed by atoms with E-state index in [1.165, 1.54) is 4.57 Å². The van der Waals surface area contributed by atoms with Crippen LogP contribution in [0.1, 0.15) is 18.3 Å². The molecule has 1 aliphatic rings. The van der Waals surface area contributed by atoms with E-state index in [0.717, 1.165) is 29.8 Å². The van der Waals surface area contributed by atoms with Crippen LogP contribution in [-0.2, 0) is 13.6 Å². The maximum absolute atomic E-state index is 12.0. The van der Waals surface area contributed by atoms with Gasteiger partial charge >= 0.3 is 0 Å². The van der Waals surface area contributed by atoms with E-state index in [2.05, 4.69) is 36.1 Å². The molecule has 1 aliphatic heterocycles. The van der Waals surface area contributed by atoms with E-state index < -0.39 is 0 Å². The molecule has 0 amide bonds. The molecular weight excluding hydrogens is 362 g/mol. The first-order valence-corrected chi connectivity index (χ1v) is 8.22. The molecule has 3 aromatic rings. The molecule has 1 saturated heterocycles. The Morgan fingerprint density at radius 1 is 1.35 bits per heavy atom. The molecule has 0 bridgehead atoms. The Morgan fingerprint density at radius 3 is 3.00 bits per heavy atom. The second-order valence-electron chi connectivity index (χ2n) is 5.84. The molecular formula is C14H16BrN7O. The van der Waals surface area contributed by atoms with Crippen LogP contribution in [0.15, 0.2) is 34.1 Å². The van der Waals surface area contributed by atoms with Gasteiger partial charge in [0.05, 0.1) is 23.3 Å². The normalized spacial score (nSPS) is 19.0. The number of hydrogen-bond acceptors (Lipinski definition) is 5. The molecule has 1 atom stereocenters. The molecule has 0 N–H and O–H groups in total. The highest BCUT2D eigenvalue weighted by molar-refractivity contribution is 9.10. The fourth-order valence-electron chi connectivity index (χ4n) is 3.01. The summed E-state index contributed by atoms with van der Waals surface area (Å²) in [5.74, 6) is 0.792. The zero-order valence-corrected chi connectivity index (χ0v) is 14.2. The summed E-state index contributed by atoms with van der Waals surface area (Å²) in [5, 5.41) is 12.6. The average Bonchev–Trinajstić information content (AvgIpc) is 3.24. The van der Waals surface area contributed by atoms with Gasteiger partial charge < -0.3 is 4.57 Å². The van der Waals surface area contributed by atoms with Gasteiger partial charge in [0.2, 0.25) is 5.65 Å². The summed E-state index contributed by atoms with van der Waals surface area (Å²) in [4.78, 5) is 14.3. The monoisotopic (exact) mass is 377 g/mol. The Labute approximate surface area is 140 Å². The Morgan fingerprint density at radius 2 is 2.22 bits per heavy atom. The van der Waals surface area contributed by atoms with E-state index in [9.17, 15) is 4.79 Å². The average molecular weight is 378 g/mol. The third-order valence-corrected chi connectivity index (χ3v) is 4.68. The van der Waals surface area contributed by atoms with E-state index in [-0.39, 0.29) is 5.56 Å². The van der Waals surface area contributed by atoms with Crippen LogP contribution in [0.25, 0.3) is 5.65 Å². The number of rotatable bonds is 3. The predicted octanol–water partition coefficient (Wildman–Crippen LogP) is 0.834. The molecule has 3 aromatic heterocycles. The van der Waals surface area contributed by atoms with E-state index >= 15 is 0 Å². The Balaban J connectivity index is 1.53. The van der Waals surface area contributed by atoms with Gasteiger partial charge in [0.1, 0.15) is 0 Å². The SMILES string of the molecule is Cn1ccn2c(CN3CCC(n4cc(Br)cn4)C3)nnc2c1=O. The minimum absolute atomic E-state index is 0.132. The number of halogens is 1. The van der Waals surface area contributed by atoms with Crippen molar-refractivity contribution in [1.29, 1.82) is 0 Å². The topological polar surface area (TPSA) is 73.2 Å². The van der Waals surface area contributed by atoms with Gasteiger partial charge in [-0.15, -0.1) is 10.2 Å². The maximum Gasteiger partial charge on any atom is 0.295 e. The van der Waals surface area contributed by atoms with Crippen molar-refractivity contribution in [3.05, 3.63) is 45.4 Å². The summed E-state index contributed by atoms with van der Waals surface area (Å²) in [6.45, 7) is 2.56. The number of likely N-dealkylation sites (tertiary alicyclic amines) is 1. The van der Waals surface area contributed by atoms with Gasteiger partial charge in [-0.2, -0.15) is 5.10 Å². The molecule has 8 nitrogen and oxygen atoms in total. The highest BCUT2D eigenvalue weighted by atomic mass is 79.9. The summed E-state index contributed by atoms with van der Waals surface area (Å²) in [7, 11) is 1.71. The maximum atomic E-state index is 12.0. The van der Waals surface area contributed by atoms with Crippen molar-refractivity contribution < 1.29 is 0 Å². The number of hydrogen-bond donors (Lipinski definition) is 0. The molecule has 0 aromatic carbocycles. The summed E-state index contributed by atoms with van der Waals surface area (Å²) < 4.78 is 6.28. The predicted molar refractivity (Wildman–Crippen MR) is 87.1 cm³/mol. The first-order valence-electron chi connectivity index (χ1n) is 7.43. The summed E-state index contributed by atoms with van der Waals surface area (Å²) in [6.07, 6.45) is 8.43. The van der Waals surface area contributed by atoms with Gasteiger partial charge in [0.25, 0.3) is 5.56 Å². The van der Waals surface area contributed by atoms with Crippen LogP contribution in [0.5, 0.6) is 0 Å². The lowest BCUT2D eigenvalue weighted by Gasteiger charge is -2.15. The van der Waals surface area contributed by atoms with E-state index in [1.807, 2.05) is 23.3 Å². The van der Waals surface area contributed by atoms with Crippen LogP contribution in [0.2, 0.25) is 0 Å². The van der Waals surface area contributed by atoms with Crippen LogP contribution in [0.4, 0.5) is 0 Å². The minimum Gasteiger partial charge on any atom is -0.314 e. The minimum atomic E-state index is -0.132. The quantitative estimate of drug-likeness (QED) is 0.675. The van der Waals surface area contributed by atoms with E-state index in [0.29, 0.717) is 18.2 Å². The lowest BCUT2D eigenvalue weighted by Crippen LogP contribution is -2.23. The Bertz CT molecular complexity index is 911. The van der Waals surface area contributed by atoms with Gasteiger partial charge in [0.15, 0.2) is 5.82 Å². The fourth-order valence-corrected chi connectivity index (χ4v) is 3.31. The molecule has 4 rings (SSSR count). The lowest BCUT2D eigenvalue weighted by atomic mass is 10.3. The van der Waals surface area contributed by atoms with Crippen LogP contribution >= 0.6 is 15.9 Å². The Hall–Kier alpha value is -2.00. The van der Waals surface area contributed by atoms with Crippen LogP contribution in [0, 0.1) is 0 Å². The van der Waals surface area contributed by atoms with Crippen molar-refractivity contribution in [1.82, 2.24) is 33.8 Å². The molecule has 23 heavy (non-hydrogen) atoms. The van der Waals surface area contributed by atoms with Crippen LogP contribution < -0.4 is 5.56 Å². The third kappa shape index (κ3) is 2.59. The summed E-state index contributed by atoms with van der Waals surface area (Å²) in [5.41, 5.74) is 0.240. The van der Waals surface area contributed by atoms with Crippen molar-refractivity contribution in [2.24, 2.45) is 7.05 Å². The number of nitrogens with zero attached hydrogens (tertiary/aromatic N) is 7. The van der Waals surface area contributed by atoms with Crippen molar-refractivity contribution in [2.45, 2.75) is 19.0 Å². The van der Waals surface area contributed by atoms with Crippen LogP contribution in [0.3, 0.4) is 0 Å². The first-order chi connectivity index (χ1) is 11.1. The molecule has 0 radical (unpaired) electrons. The van der Waals surface area contributed by atoms with Gasteiger partial charge in [-0.1, -0.05) is 0 Å². The standard InChI is InChI=1S/C14H16BrN7O/c1-19-4-5-21-12(17-18-13(21)14(19)23)9-20-3-2-11(8-20)22-7-10(15)6-16-22/h4-7,11H,2-3,8-9H2,1H3. The number of aromatic nitrogens is 6. The second-order valence-corrected chi connectivity index (χ2v) is 6.76. The zero-order chi connectivity index (χ0) is 16.0. The highest BCUT2D eigenvalue weighted by Gasteiger charge is 2.25. The summed E-state index contributed by atoms with van der Waals surface area (Å²) in [6, 6.07) is 0.369. The molecule has 9 heteroatoms. The van der Waals surface area contributed by atoms with E-state index in [4.69, 9.17) is 0 Å². The Kier molecular flexibility index (Phi) is 3.53. The molecule has 0 spiro atoms. The molecule has 1 fully saturated rings. The largest absolute Gasteiger partial charge is 0.314 e. The zero-order valence-electron chi connectivity index (χ0n) is 12.6. The van der Waals surface area contributed by atoms with E-state index in [1.54, 1.807) is 17.6 Å². The third-order valence-electron chi connectivity index (χ3n) is 4.27. The summed E-state index contributed by atoms with van der Waals surface area (Å²) >= 11 is 3.43. The van der Waals surface area contributed by atoms with Crippen molar-refractivity contribution >= 4 is 21.6 Å². The molecule has 0 saturated carbocycles. The lowest BCUT2D eigenvalue weighted by molar-refractivity contribution is 0.303. The smallest absolute Gasteiger partial charge is 0.295 e. The molecule has 120 valence electrons. The second kappa shape index (κ2) is 5.57. The van der Waals surface area contributed by atoms with Gasteiger partial charge in [-0.05, 0) is 22.4 Å². The highest BCUT2D eigenvalue weighted by Crippen LogP contribution is 2.23. The molecule has 0 aliphatic carbocycles.